The summed E-state index contributed by atoms with van der Waals surface area (Å²) in [5, 5.41) is 2.99. The summed E-state index contributed by atoms with van der Waals surface area (Å²) in [5.74, 6) is 3.24. The molecule has 27 heavy (non-hydrogen) atoms. The molecule has 0 atom stereocenters. The summed E-state index contributed by atoms with van der Waals surface area (Å²) >= 11 is 5.60. The predicted molar refractivity (Wildman–Crippen MR) is 117 cm³/mol. The second-order valence-corrected chi connectivity index (χ2v) is 9.80. The maximum Gasteiger partial charge on any atom is 0.291 e. The highest BCUT2D eigenvalue weighted by molar-refractivity contribution is 8.19. The van der Waals surface area contributed by atoms with Crippen LogP contribution < -0.4 is 5.32 Å². The monoisotopic (exact) mass is 413 g/mol. The molecule has 0 bridgehead atoms. The Morgan fingerprint density at radius 1 is 1.07 bits per heavy atom. The van der Waals surface area contributed by atoms with Crippen LogP contribution in [0.4, 0.5) is 5.69 Å². The van der Waals surface area contributed by atoms with E-state index in [1.54, 1.807) is 18.0 Å². The molecule has 4 rings (SSSR count). The van der Waals surface area contributed by atoms with Crippen molar-refractivity contribution >= 4 is 46.9 Å². The quantitative estimate of drug-likeness (QED) is 0.480. The van der Waals surface area contributed by atoms with Crippen LogP contribution in [0.15, 0.2) is 76.2 Å². The first-order chi connectivity index (χ1) is 13.3. The van der Waals surface area contributed by atoms with Crippen LogP contribution in [-0.4, -0.2) is 17.4 Å². The van der Waals surface area contributed by atoms with Crippen molar-refractivity contribution < 1.29 is 9.21 Å². The zero-order chi connectivity index (χ0) is 18.5. The Bertz CT molecular complexity index is 905. The standard InChI is InChI=1S/C21H19NO2S3/c23-20(22-17-6-4-5-15(13-17)21-25-11-12-26-21)19-16(9-10-24-19)14-27-18-7-2-1-3-8-18/h1-10,13,21H,11-12,14H2,(H,22,23). The maximum absolute atomic E-state index is 12.7. The van der Waals surface area contributed by atoms with Crippen LogP contribution in [0.25, 0.3) is 0 Å². The summed E-state index contributed by atoms with van der Waals surface area (Å²) in [4.78, 5) is 13.9. The summed E-state index contributed by atoms with van der Waals surface area (Å²) in [5.41, 5.74) is 2.96. The lowest BCUT2D eigenvalue weighted by molar-refractivity contribution is 0.0996. The number of carbonyl (C=O) groups is 1. The summed E-state index contributed by atoms with van der Waals surface area (Å²) < 4.78 is 5.94. The number of benzene rings is 2. The summed E-state index contributed by atoms with van der Waals surface area (Å²) in [7, 11) is 0. The Balaban J connectivity index is 1.43. The van der Waals surface area contributed by atoms with Gasteiger partial charge in [-0.25, -0.2) is 0 Å². The highest BCUT2D eigenvalue weighted by Gasteiger charge is 2.20. The minimum absolute atomic E-state index is 0.201. The topological polar surface area (TPSA) is 42.2 Å². The van der Waals surface area contributed by atoms with Crippen LogP contribution in [0.3, 0.4) is 0 Å². The van der Waals surface area contributed by atoms with Gasteiger partial charge in [-0.2, -0.15) is 0 Å². The Kier molecular flexibility index (Phi) is 6.17. The van der Waals surface area contributed by atoms with Gasteiger partial charge in [0.25, 0.3) is 5.91 Å². The predicted octanol–water partition coefficient (Wildman–Crippen LogP) is 6.30. The molecule has 0 saturated carbocycles. The zero-order valence-electron chi connectivity index (χ0n) is 14.6. The maximum atomic E-state index is 12.7. The lowest BCUT2D eigenvalue weighted by Crippen LogP contribution is -2.12. The molecular formula is C21H19NO2S3. The first-order valence-corrected chi connectivity index (χ1v) is 11.8. The molecule has 138 valence electrons. The van der Waals surface area contributed by atoms with Crippen molar-refractivity contribution in [3.63, 3.8) is 0 Å². The fraction of sp³-hybridized carbons (Fsp3) is 0.190. The third kappa shape index (κ3) is 4.75. The molecule has 1 aromatic heterocycles. The van der Waals surface area contributed by atoms with Crippen LogP contribution in [-0.2, 0) is 5.75 Å². The third-order valence-corrected chi connectivity index (χ3v) is 8.29. The normalized spacial score (nSPS) is 14.4. The first kappa shape index (κ1) is 18.6. The van der Waals surface area contributed by atoms with E-state index in [9.17, 15) is 4.79 Å². The van der Waals surface area contributed by atoms with Crippen molar-refractivity contribution in [2.45, 2.75) is 15.2 Å². The highest BCUT2D eigenvalue weighted by atomic mass is 32.2. The lowest BCUT2D eigenvalue weighted by atomic mass is 10.2. The van der Waals surface area contributed by atoms with Gasteiger partial charge in [-0.3, -0.25) is 4.79 Å². The smallest absolute Gasteiger partial charge is 0.291 e. The van der Waals surface area contributed by atoms with Gasteiger partial charge in [-0.15, -0.1) is 35.3 Å². The SMILES string of the molecule is O=C(Nc1cccc(C2SCCS2)c1)c1occc1CSc1ccccc1. The second-order valence-electron chi connectivity index (χ2n) is 6.03. The second kappa shape index (κ2) is 8.95. The molecule has 0 aliphatic carbocycles. The van der Waals surface area contributed by atoms with E-state index in [-0.39, 0.29) is 5.91 Å². The van der Waals surface area contributed by atoms with E-state index < -0.39 is 0 Å². The van der Waals surface area contributed by atoms with Gasteiger partial charge in [-0.1, -0.05) is 30.3 Å². The van der Waals surface area contributed by atoms with Gasteiger partial charge >= 0.3 is 0 Å². The van der Waals surface area contributed by atoms with E-state index in [1.807, 2.05) is 59.9 Å². The summed E-state index contributed by atoms with van der Waals surface area (Å²) in [6.45, 7) is 0. The van der Waals surface area contributed by atoms with Gasteiger partial charge in [0, 0.05) is 33.4 Å². The molecule has 1 fully saturated rings. The molecule has 3 nitrogen and oxygen atoms in total. The summed E-state index contributed by atoms with van der Waals surface area (Å²) in [6, 6.07) is 20.1. The van der Waals surface area contributed by atoms with Crippen LogP contribution >= 0.6 is 35.3 Å². The minimum Gasteiger partial charge on any atom is -0.459 e. The molecule has 1 amide bonds. The van der Waals surface area contributed by atoms with Crippen molar-refractivity contribution in [3.8, 4) is 0 Å². The Hall–Kier alpha value is -1.76. The first-order valence-electron chi connectivity index (χ1n) is 8.68. The molecule has 0 radical (unpaired) electrons. The number of hydrogen-bond acceptors (Lipinski definition) is 5. The number of hydrogen-bond donors (Lipinski definition) is 1. The average Bonchev–Trinajstić information content (AvgIpc) is 3.39. The number of carbonyl (C=O) groups excluding carboxylic acids is 1. The minimum atomic E-state index is -0.201. The van der Waals surface area contributed by atoms with Crippen LogP contribution in [0.5, 0.6) is 0 Å². The summed E-state index contributed by atoms with van der Waals surface area (Å²) in [6.07, 6.45) is 1.58. The van der Waals surface area contributed by atoms with Crippen molar-refractivity contribution in [2.75, 3.05) is 16.8 Å². The third-order valence-electron chi connectivity index (χ3n) is 4.13. The number of nitrogens with one attached hydrogen (secondary N) is 1. The van der Waals surface area contributed by atoms with Gasteiger partial charge in [0.1, 0.15) is 0 Å². The van der Waals surface area contributed by atoms with Gasteiger partial charge in [0.05, 0.1) is 10.8 Å². The molecule has 0 unspecified atom stereocenters. The largest absolute Gasteiger partial charge is 0.459 e. The zero-order valence-corrected chi connectivity index (χ0v) is 17.0. The molecule has 1 aliphatic rings. The van der Waals surface area contributed by atoms with Crippen LogP contribution in [0, 0.1) is 0 Å². The molecular weight excluding hydrogens is 394 g/mol. The lowest BCUT2D eigenvalue weighted by Gasteiger charge is -2.11. The van der Waals surface area contributed by atoms with Gasteiger partial charge in [-0.05, 0) is 35.9 Å². The van der Waals surface area contributed by atoms with E-state index in [2.05, 4.69) is 29.6 Å². The average molecular weight is 414 g/mol. The van der Waals surface area contributed by atoms with Crippen molar-refractivity contribution in [3.05, 3.63) is 83.8 Å². The molecule has 3 aromatic rings. The van der Waals surface area contributed by atoms with E-state index in [1.165, 1.54) is 22.0 Å². The number of rotatable bonds is 6. The Morgan fingerprint density at radius 2 is 1.89 bits per heavy atom. The van der Waals surface area contributed by atoms with Gasteiger partial charge < -0.3 is 9.73 Å². The number of amides is 1. The van der Waals surface area contributed by atoms with Crippen LogP contribution in [0.2, 0.25) is 0 Å². The molecule has 1 saturated heterocycles. The Morgan fingerprint density at radius 3 is 2.70 bits per heavy atom. The van der Waals surface area contributed by atoms with Gasteiger partial charge in [0.15, 0.2) is 5.76 Å². The van der Waals surface area contributed by atoms with E-state index >= 15 is 0 Å². The molecule has 1 N–H and O–H groups in total. The van der Waals surface area contributed by atoms with Crippen molar-refractivity contribution in [1.29, 1.82) is 0 Å². The molecule has 6 heteroatoms. The Labute approximate surface area is 171 Å². The van der Waals surface area contributed by atoms with Crippen molar-refractivity contribution in [2.24, 2.45) is 0 Å². The number of thioether (sulfide) groups is 3. The molecule has 2 heterocycles. The highest BCUT2D eigenvalue weighted by Crippen LogP contribution is 2.45. The van der Waals surface area contributed by atoms with E-state index in [0.29, 0.717) is 16.1 Å². The fourth-order valence-corrected chi connectivity index (χ4v) is 6.57. The van der Waals surface area contributed by atoms with Gasteiger partial charge in [0.2, 0.25) is 0 Å². The molecule has 2 aromatic carbocycles. The fourth-order valence-electron chi connectivity index (χ4n) is 2.83. The van der Waals surface area contributed by atoms with E-state index in [0.717, 1.165) is 11.3 Å². The number of furan rings is 1. The van der Waals surface area contributed by atoms with Crippen LogP contribution in [0.1, 0.15) is 26.3 Å². The van der Waals surface area contributed by atoms with Crippen molar-refractivity contribution in [1.82, 2.24) is 0 Å². The number of anilines is 1. The molecule has 0 spiro atoms. The van der Waals surface area contributed by atoms with E-state index in [4.69, 9.17) is 4.42 Å². The molecule has 1 aliphatic heterocycles.